The van der Waals surface area contributed by atoms with Crippen LogP contribution in [-0.2, 0) is 0 Å². The van der Waals surface area contributed by atoms with Crippen molar-refractivity contribution in [2.45, 2.75) is 6.04 Å². The maximum absolute atomic E-state index is 13.3. The zero-order valence-electron chi connectivity index (χ0n) is 16.4. The van der Waals surface area contributed by atoms with E-state index in [9.17, 15) is 9.18 Å². The van der Waals surface area contributed by atoms with Crippen LogP contribution in [0.5, 0.6) is 5.75 Å². The van der Waals surface area contributed by atoms with Gasteiger partial charge in [0.05, 0.1) is 6.04 Å². The lowest BCUT2D eigenvalue weighted by Crippen LogP contribution is -2.29. The van der Waals surface area contributed by atoms with Crippen molar-refractivity contribution in [3.63, 3.8) is 0 Å². The van der Waals surface area contributed by atoms with Crippen LogP contribution in [0.25, 0.3) is 10.8 Å². The molecular formula is C26H22FNO2. The summed E-state index contributed by atoms with van der Waals surface area (Å²) in [6.45, 7) is -0.577. The molecule has 0 bridgehead atoms. The van der Waals surface area contributed by atoms with Crippen LogP contribution in [-0.4, -0.2) is 19.2 Å². The number of nitrogens with one attached hydrogen (secondary N) is 1. The Morgan fingerprint density at radius 3 is 1.93 bits per heavy atom. The predicted molar refractivity (Wildman–Crippen MR) is 118 cm³/mol. The number of rotatable bonds is 7. The smallest absolute Gasteiger partial charge is 0.252 e. The highest BCUT2D eigenvalue weighted by molar-refractivity contribution is 6.08. The van der Waals surface area contributed by atoms with Crippen LogP contribution >= 0.6 is 0 Å². The van der Waals surface area contributed by atoms with E-state index in [4.69, 9.17) is 4.74 Å². The van der Waals surface area contributed by atoms with Gasteiger partial charge in [-0.15, -0.1) is 0 Å². The summed E-state index contributed by atoms with van der Waals surface area (Å²) in [4.78, 5) is 13.3. The molecule has 150 valence electrons. The molecule has 0 aliphatic heterocycles. The van der Waals surface area contributed by atoms with Crippen LogP contribution in [0.1, 0.15) is 27.5 Å². The summed E-state index contributed by atoms with van der Waals surface area (Å²) in [6.07, 6.45) is 0. The van der Waals surface area contributed by atoms with Crippen molar-refractivity contribution in [1.29, 1.82) is 0 Å². The first-order chi connectivity index (χ1) is 14.8. The van der Waals surface area contributed by atoms with Gasteiger partial charge in [0, 0.05) is 10.9 Å². The SMILES string of the molecule is O=C(NC(c1ccccc1)c1ccccc1)c1ccc(OCCF)c2ccccc12. The molecule has 0 spiro atoms. The molecule has 0 atom stereocenters. The van der Waals surface area contributed by atoms with E-state index in [-0.39, 0.29) is 18.6 Å². The summed E-state index contributed by atoms with van der Waals surface area (Å²) in [5.41, 5.74) is 2.56. The topological polar surface area (TPSA) is 38.3 Å². The van der Waals surface area contributed by atoms with Gasteiger partial charge in [0.15, 0.2) is 0 Å². The van der Waals surface area contributed by atoms with E-state index >= 15 is 0 Å². The van der Waals surface area contributed by atoms with Gasteiger partial charge >= 0.3 is 0 Å². The van der Waals surface area contributed by atoms with Crippen LogP contribution in [0.2, 0.25) is 0 Å². The van der Waals surface area contributed by atoms with Crippen molar-refractivity contribution in [2.75, 3.05) is 13.3 Å². The van der Waals surface area contributed by atoms with Crippen molar-refractivity contribution in [1.82, 2.24) is 5.32 Å². The fraction of sp³-hybridized carbons (Fsp3) is 0.115. The number of hydrogen-bond donors (Lipinski definition) is 1. The van der Waals surface area contributed by atoms with Gasteiger partial charge in [0.1, 0.15) is 19.0 Å². The van der Waals surface area contributed by atoms with E-state index in [1.54, 1.807) is 12.1 Å². The number of benzene rings is 4. The van der Waals surface area contributed by atoms with E-state index in [0.29, 0.717) is 11.3 Å². The Morgan fingerprint density at radius 2 is 1.33 bits per heavy atom. The van der Waals surface area contributed by atoms with E-state index in [1.165, 1.54) is 0 Å². The van der Waals surface area contributed by atoms with Crippen molar-refractivity contribution in [3.8, 4) is 5.75 Å². The van der Waals surface area contributed by atoms with Crippen molar-refractivity contribution < 1.29 is 13.9 Å². The molecule has 4 aromatic carbocycles. The molecule has 0 saturated carbocycles. The second-order valence-electron chi connectivity index (χ2n) is 6.92. The highest BCUT2D eigenvalue weighted by Crippen LogP contribution is 2.30. The van der Waals surface area contributed by atoms with E-state index in [1.807, 2.05) is 84.9 Å². The van der Waals surface area contributed by atoms with Crippen LogP contribution in [0.3, 0.4) is 0 Å². The third kappa shape index (κ3) is 4.18. The first-order valence-corrected chi connectivity index (χ1v) is 9.89. The maximum Gasteiger partial charge on any atom is 0.252 e. The molecule has 3 nitrogen and oxygen atoms in total. The third-order valence-electron chi connectivity index (χ3n) is 5.00. The van der Waals surface area contributed by atoms with Crippen LogP contribution in [0, 0.1) is 0 Å². The third-order valence-corrected chi connectivity index (χ3v) is 5.00. The quantitative estimate of drug-likeness (QED) is 0.432. The van der Waals surface area contributed by atoms with Gasteiger partial charge in [-0.25, -0.2) is 4.39 Å². The van der Waals surface area contributed by atoms with Crippen LogP contribution in [0.4, 0.5) is 4.39 Å². The van der Waals surface area contributed by atoms with Gasteiger partial charge in [-0.3, -0.25) is 4.79 Å². The van der Waals surface area contributed by atoms with Gasteiger partial charge in [0.2, 0.25) is 0 Å². The number of carbonyl (C=O) groups excluding carboxylic acids is 1. The number of hydrogen-bond acceptors (Lipinski definition) is 2. The van der Waals surface area contributed by atoms with Crippen LogP contribution < -0.4 is 10.1 Å². The van der Waals surface area contributed by atoms with E-state index in [0.717, 1.165) is 21.9 Å². The molecule has 1 N–H and O–H groups in total. The Kier molecular flexibility index (Phi) is 6.04. The predicted octanol–water partition coefficient (Wildman–Crippen LogP) is 5.71. The standard InChI is InChI=1S/C26H22FNO2/c27-17-18-30-24-16-15-23(21-13-7-8-14-22(21)24)26(29)28-25(19-9-3-1-4-10-19)20-11-5-2-6-12-20/h1-16,25H,17-18H2,(H,28,29). The molecule has 0 aliphatic rings. The minimum Gasteiger partial charge on any atom is -0.490 e. The lowest BCUT2D eigenvalue weighted by Gasteiger charge is -2.21. The molecule has 0 radical (unpaired) electrons. The van der Waals surface area contributed by atoms with E-state index < -0.39 is 6.67 Å². The van der Waals surface area contributed by atoms with Crippen molar-refractivity contribution in [2.24, 2.45) is 0 Å². The average Bonchev–Trinajstić information content (AvgIpc) is 2.82. The minimum atomic E-state index is -0.563. The Morgan fingerprint density at radius 1 is 0.767 bits per heavy atom. The molecule has 0 saturated heterocycles. The summed E-state index contributed by atoms with van der Waals surface area (Å²) < 4.78 is 18.1. The number of carbonyl (C=O) groups is 1. The Hall–Kier alpha value is -3.66. The van der Waals surface area contributed by atoms with Crippen LogP contribution in [0.15, 0.2) is 97.1 Å². The number of alkyl halides is 1. The molecule has 1 amide bonds. The molecule has 0 fully saturated rings. The molecule has 4 heteroatoms. The Labute approximate surface area is 175 Å². The number of halogens is 1. The molecule has 30 heavy (non-hydrogen) atoms. The summed E-state index contributed by atoms with van der Waals surface area (Å²) in [5.74, 6) is 0.392. The lowest BCUT2D eigenvalue weighted by atomic mass is 9.97. The largest absolute Gasteiger partial charge is 0.490 e. The van der Waals surface area contributed by atoms with E-state index in [2.05, 4.69) is 5.32 Å². The molecule has 4 rings (SSSR count). The summed E-state index contributed by atoms with van der Waals surface area (Å²) in [5, 5.41) is 4.74. The monoisotopic (exact) mass is 399 g/mol. The first-order valence-electron chi connectivity index (χ1n) is 9.89. The molecule has 0 aliphatic carbocycles. The molecule has 0 unspecified atom stereocenters. The van der Waals surface area contributed by atoms with Gasteiger partial charge in [0.25, 0.3) is 5.91 Å². The number of amides is 1. The Balaban J connectivity index is 1.71. The van der Waals surface area contributed by atoms with Gasteiger partial charge in [-0.1, -0.05) is 84.9 Å². The zero-order valence-corrected chi connectivity index (χ0v) is 16.4. The van der Waals surface area contributed by atoms with Gasteiger partial charge in [-0.05, 0) is 28.6 Å². The summed E-state index contributed by atoms with van der Waals surface area (Å²) in [6, 6.07) is 30.5. The molecular weight excluding hydrogens is 377 g/mol. The second kappa shape index (κ2) is 9.23. The number of ether oxygens (including phenoxy) is 1. The Bertz CT molecular complexity index is 1090. The average molecular weight is 399 g/mol. The van der Waals surface area contributed by atoms with Gasteiger partial charge < -0.3 is 10.1 Å². The normalized spacial score (nSPS) is 10.9. The number of fused-ring (bicyclic) bond motifs is 1. The molecule has 4 aromatic rings. The fourth-order valence-corrected chi connectivity index (χ4v) is 3.60. The van der Waals surface area contributed by atoms with Crippen molar-refractivity contribution in [3.05, 3.63) is 114 Å². The molecule has 0 aromatic heterocycles. The minimum absolute atomic E-state index is 0.0143. The van der Waals surface area contributed by atoms with Crippen molar-refractivity contribution >= 4 is 16.7 Å². The molecule has 0 heterocycles. The maximum atomic E-state index is 13.3. The summed E-state index contributed by atoms with van der Waals surface area (Å²) in [7, 11) is 0. The lowest BCUT2D eigenvalue weighted by molar-refractivity contribution is 0.0944. The summed E-state index contributed by atoms with van der Waals surface area (Å²) >= 11 is 0. The highest BCUT2D eigenvalue weighted by atomic mass is 19.1. The second-order valence-corrected chi connectivity index (χ2v) is 6.92. The first kappa shape index (κ1) is 19.6. The van der Waals surface area contributed by atoms with Gasteiger partial charge in [-0.2, -0.15) is 0 Å². The zero-order chi connectivity index (χ0) is 20.8. The fourth-order valence-electron chi connectivity index (χ4n) is 3.60. The highest BCUT2D eigenvalue weighted by Gasteiger charge is 2.19.